The summed E-state index contributed by atoms with van der Waals surface area (Å²) < 4.78 is 18.1. The van der Waals surface area contributed by atoms with Crippen LogP contribution in [0.15, 0.2) is 0 Å². The lowest BCUT2D eigenvalue weighted by Crippen LogP contribution is -2.30. The topological polar surface area (TPSA) is 55.4 Å². The van der Waals surface area contributed by atoms with Crippen LogP contribution in [0.2, 0.25) is 5.02 Å². The van der Waals surface area contributed by atoms with E-state index in [4.69, 9.17) is 11.6 Å². The summed E-state index contributed by atoms with van der Waals surface area (Å²) in [5.74, 6) is -1.99. The van der Waals surface area contributed by atoms with Gasteiger partial charge in [0.1, 0.15) is 11.4 Å². The maximum atomic E-state index is 13.4. The second-order valence-electron chi connectivity index (χ2n) is 3.10. The zero-order valence-corrected chi connectivity index (χ0v) is 10.9. The second kappa shape index (κ2) is 5.97. The summed E-state index contributed by atoms with van der Waals surface area (Å²) in [6.07, 6.45) is 0. The van der Waals surface area contributed by atoms with Gasteiger partial charge >= 0.3 is 5.97 Å². The van der Waals surface area contributed by atoms with Crippen molar-refractivity contribution in [1.82, 2.24) is 5.32 Å². The third-order valence-corrected chi connectivity index (χ3v) is 3.50. The SMILES string of the molecule is CCOC(=O)CNC(=O)c1sc(C)c(Cl)c1F. The normalized spacial score (nSPS) is 10.1. The smallest absolute Gasteiger partial charge is 0.325 e. The highest BCUT2D eigenvalue weighted by Crippen LogP contribution is 2.30. The molecule has 0 bridgehead atoms. The summed E-state index contributed by atoms with van der Waals surface area (Å²) in [5.41, 5.74) is 0. The first-order valence-electron chi connectivity index (χ1n) is 4.85. The van der Waals surface area contributed by atoms with Crippen LogP contribution in [0.25, 0.3) is 0 Å². The van der Waals surface area contributed by atoms with Gasteiger partial charge in [-0.25, -0.2) is 4.39 Å². The van der Waals surface area contributed by atoms with Gasteiger partial charge in [0.2, 0.25) is 0 Å². The molecule has 1 N–H and O–H groups in total. The maximum absolute atomic E-state index is 13.4. The Bertz CT molecular complexity index is 447. The van der Waals surface area contributed by atoms with Crippen LogP contribution in [0.1, 0.15) is 21.5 Å². The van der Waals surface area contributed by atoms with E-state index >= 15 is 0 Å². The molecule has 7 heteroatoms. The van der Waals surface area contributed by atoms with Crippen LogP contribution in [-0.4, -0.2) is 25.0 Å². The molecule has 0 aliphatic heterocycles. The Labute approximate surface area is 107 Å². The predicted octanol–water partition coefficient (Wildman–Crippen LogP) is 2.14. The van der Waals surface area contributed by atoms with Crippen molar-refractivity contribution in [3.63, 3.8) is 0 Å². The first-order valence-corrected chi connectivity index (χ1v) is 6.05. The van der Waals surface area contributed by atoms with Gasteiger partial charge in [-0.05, 0) is 13.8 Å². The van der Waals surface area contributed by atoms with Crippen LogP contribution >= 0.6 is 22.9 Å². The largest absolute Gasteiger partial charge is 0.465 e. The average Bonchev–Trinajstić information content (AvgIpc) is 2.54. The highest BCUT2D eigenvalue weighted by atomic mass is 35.5. The molecule has 0 fully saturated rings. The summed E-state index contributed by atoms with van der Waals surface area (Å²) in [6, 6.07) is 0. The van der Waals surface area contributed by atoms with Gasteiger partial charge in [-0.15, -0.1) is 11.3 Å². The van der Waals surface area contributed by atoms with Crippen molar-refractivity contribution >= 4 is 34.8 Å². The van der Waals surface area contributed by atoms with Crippen molar-refractivity contribution < 1.29 is 18.7 Å². The Balaban J connectivity index is 2.64. The minimum absolute atomic E-state index is 0.0590. The van der Waals surface area contributed by atoms with Crippen LogP contribution in [-0.2, 0) is 9.53 Å². The molecule has 0 radical (unpaired) electrons. The van der Waals surface area contributed by atoms with Gasteiger partial charge < -0.3 is 10.1 Å². The molecule has 0 spiro atoms. The monoisotopic (exact) mass is 279 g/mol. The molecule has 1 aromatic rings. The lowest BCUT2D eigenvalue weighted by molar-refractivity contribution is -0.141. The lowest BCUT2D eigenvalue weighted by Gasteiger charge is -2.03. The molecule has 1 amide bonds. The Morgan fingerprint density at radius 3 is 2.65 bits per heavy atom. The number of esters is 1. The van der Waals surface area contributed by atoms with Crippen molar-refractivity contribution in [2.24, 2.45) is 0 Å². The van der Waals surface area contributed by atoms with Crippen molar-refractivity contribution in [2.45, 2.75) is 13.8 Å². The fraction of sp³-hybridized carbons (Fsp3) is 0.400. The van der Waals surface area contributed by atoms with E-state index in [0.29, 0.717) is 4.88 Å². The average molecular weight is 280 g/mol. The predicted molar refractivity (Wildman–Crippen MR) is 63.0 cm³/mol. The summed E-state index contributed by atoms with van der Waals surface area (Å²) in [5, 5.41) is 2.20. The second-order valence-corrected chi connectivity index (χ2v) is 4.71. The van der Waals surface area contributed by atoms with E-state index < -0.39 is 17.7 Å². The number of amides is 1. The Morgan fingerprint density at radius 2 is 2.18 bits per heavy atom. The van der Waals surface area contributed by atoms with E-state index in [2.05, 4.69) is 10.1 Å². The van der Waals surface area contributed by atoms with E-state index in [-0.39, 0.29) is 23.1 Å². The highest BCUT2D eigenvalue weighted by Gasteiger charge is 2.20. The third kappa shape index (κ3) is 3.41. The van der Waals surface area contributed by atoms with Crippen LogP contribution in [0.5, 0.6) is 0 Å². The minimum atomic E-state index is -0.754. The summed E-state index contributed by atoms with van der Waals surface area (Å²) in [7, 11) is 0. The number of carbonyl (C=O) groups is 2. The summed E-state index contributed by atoms with van der Waals surface area (Å²) >= 11 is 6.56. The molecule has 0 aliphatic rings. The number of aryl methyl sites for hydroxylation is 1. The van der Waals surface area contributed by atoms with E-state index in [1.165, 1.54) is 0 Å². The molecule has 1 aromatic heterocycles. The molecule has 94 valence electrons. The zero-order valence-electron chi connectivity index (χ0n) is 9.30. The first kappa shape index (κ1) is 13.9. The van der Waals surface area contributed by atoms with Gasteiger partial charge in [0.25, 0.3) is 5.91 Å². The molecule has 1 heterocycles. The first-order chi connectivity index (χ1) is 7.97. The van der Waals surface area contributed by atoms with Crippen LogP contribution in [0.3, 0.4) is 0 Å². The molecule has 1 rings (SSSR count). The number of halogens is 2. The highest BCUT2D eigenvalue weighted by molar-refractivity contribution is 7.14. The van der Waals surface area contributed by atoms with Gasteiger partial charge in [0, 0.05) is 4.88 Å². The van der Waals surface area contributed by atoms with E-state index in [0.717, 1.165) is 11.3 Å². The third-order valence-electron chi connectivity index (χ3n) is 1.86. The number of ether oxygens (including phenoxy) is 1. The van der Waals surface area contributed by atoms with E-state index in [1.54, 1.807) is 13.8 Å². The molecule has 17 heavy (non-hydrogen) atoms. The number of rotatable bonds is 4. The molecular formula is C10H11ClFNO3S. The summed E-state index contributed by atoms with van der Waals surface area (Å²) in [6.45, 7) is 3.20. The number of thiophene rings is 1. The van der Waals surface area contributed by atoms with Gasteiger partial charge in [-0.1, -0.05) is 11.6 Å². The van der Waals surface area contributed by atoms with E-state index in [9.17, 15) is 14.0 Å². The maximum Gasteiger partial charge on any atom is 0.325 e. The van der Waals surface area contributed by atoms with Crippen molar-refractivity contribution in [3.8, 4) is 0 Å². The molecule has 0 aliphatic carbocycles. The van der Waals surface area contributed by atoms with Crippen molar-refractivity contribution in [3.05, 3.63) is 20.6 Å². The Kier molecular flexibility index (Phi) is 4.89. The fourth-order valence-corrected chi connectivity index (χ4v) is 2.20. The molecule has 0 atom stereocenters. The molecule has 4 nitrogen and oxygen atoms in total. The molecule has 0 aromatic carbocycles. The zero-order chi connectivity index (χ0) is 13.0. The van der Waals surface area contributed by atoms with Crippen molar-refractivity contribution in [1.29, 1.82) is 0 Å². The lowest BCUT2D eigenvalue weighted by atomic mass is 10.4. The number of carbonyl (C=O) groups excluding carboxylic acids is 2. The molecule has 0 saturated heterocycles. The van der Waals surface area contributed by atoms with Gasteiger partial charge in [-0.3, -0.25) is 9.59 Å². The minimum Gasteiger partial charge on any atom is -0.465 e. The Morgan fingerprint density at radius 1 is 1.53 bits per heavy atom. The molecule has 0 saturated carbocycles. The quantitative estimate of drug-likeness (QED) is 0.859. The fourth-order valence-electron chi connectivity index (χ4n) is 1.09. The van der Waals surface area contributed by atoms with Gasteiger partial charge in [0.05, 0.1) is 11.6 Å². The standard InChI is InChI=1S/C10H11ClFNO3S/c1-3-16-6(14)4-13-10(15)9-8(12)7(11)5(2)17-9/h3-4H2,1-2H3,(H,13,15). The Hall–Kier alpha value is -1.14. The van der Waals surface area contributed by atoms with Gasteiger partial charge in [0.15, 0.2) is 5.82 Å². The van der Waals surface area contributed by atoms with Crippen molar-refractivity contribution in [2.75, 3.05) is 13.2 Å². The van der Waals surface area contributed by atoms with E-state index in [1.807, 2.05) is 0 Å². The molecular weight excluding hydrogens is 269 g/mol. The number of nitrogens with one attached hydrogen (secondary N) is 1. The van der Waals surface area contributed by atoms with Crippen LogP contribution in [0, 0.1) is 12.7 Å². The molecule has 0 unspecified atom stereocenters. The summed E-state index contributed by atoms with van der Waals surface area (Å²) in [4.78, 5) is 22.9. The number of hydrogen-bond donors (Lipinski definition) is 1. The van der Waals surface area contributed by atoms with Gasteiger partial charge in [-0.2, -0.15) is 0 Å². The van der Waals surface area contributed by atoms with Crippen LogP contribution in [0.4, 0.5) is 4.39 Å². The number of hydrogen-bond acceptors (Lipinski definition) is 4. The van der Waals surface area contributed by atoms with Crippen LogP contribution < -0.4 is 5.32 Å².